The van der Waals surface area contributed by atoms with Gasteiger partial charge in [-0.25, -0.2) is 23.1 Å². The van der Waals surface area contributed by atoms with Crippen molar-refractivity contribution in [2.75, 3.05) is 44.2 Å². The Labute approximate surface area is 303 Å². The van der Waals surface area contributed by atoms with E-state index in [2.05, 4.69) is 30.8 Å². The molecule has 13 heteroatoms. The Kier molecular flexibility index (Phi) is 8.22. The number of nitrogens with zero attached hydrogens (tertiary/aromatic N) is 8. The van der Waals surface area contributed by atoms with Gasteiger partial charge in [0.15, 0.2) is 17.5 Å². The van der Waals surface area contributed by atoms with Gasteiger partial charge >= 0.3 is 6.01 Å². The molecule has 10 nitrogen and oxygen atoms in total. The molecule has 3 aromatic heterocycles. The number of hydrogen-bond acceptors (Lipinski definition) is 9. The smallest absolute Gasteiger partial charge is 0.319 e. The van der Waals surface area contributed by atoms with Gasteiger partial charge in [0.05, 0.1) is 17.0 Å². The van der Waals surface area contributed by atoms with Gasteiger partial charge in [0, 0.05) is 79.7 Å². The van der Waals surface area contributed by atoms with E-state index in [-0.39, 0.29) is 48.2 Å². The number of hydrogen-bond donors (Lipinski definition) is 0. The monoisotopic (exact) mass is 716 g/mol. The highest BCUT2D eigenvalue weighted by atomic mass is 19.1. The molecule has 0 spiro atoms. The number of carbonyl (C=O) groups excluding carboxylic acids is 1. The molecule has 4 atom stereocenters. The minimum Gasteiger partial charge on any atom is -0.461 e. The van der Waals surface area contributed by atoms with E-state index in [0.29, 0.717) is 60.2 Å². The first kappa shape index (κ1) is 33.2. The largest absolute Gasteiger partial charge is 0.461 e. The molecule has 4 aliphatic heterocycles. The molecule has 7 heterocycles. The first-order valence-corrected chi connectivity index (χ1v) is 17.9. The standard InChI is InChI=1S/C40H35F3N8O2/c1-2-24-7-3-8-25-9-4-10-28(33(24)25)35-34(43)36-29(19-46-35)37(48-39(47-36)53-23-40-12-5-15-50(40)21-27(41)18-40)51-16-11-26-20-49(22-31(26)51)38(52)30(42)17-32-44-13-6-14-45-32/h1,3-4,6-10,13-14,17,19,26-27,31H,5,11-12,15-16,18,20-23H2/b30-17-/t26?,27?,31?,40-/m0/s1. The number of ether oxygens (including phenoxy) is 1. The molecule has 9 rings (SSSR count). The van der Waals surface area contributed by atoms with Crippen molar-refractivity contribution in [1.29, 1.82) is 0 Å². The number of alkyl halides is 1. The molecule has 268 valence electrons. The lowest BCUT2D eigenvalue weighted by Crippen LogP contribution is -2.43. The van der Waals surface area contributed by atoms with E-state index in [1.54, 1.807) is 18.3 Å². The fourth-order valence-electron chi connectivity index (χ4n) is 8.90. The molecule has 3 unspecified atom stereocenters. The minimum absolute atomic E-state index is 0.0204. The topological polar surface area (TPSA) is 100 Å². The Morgan fingerprint density at radius 3 is 2.72 bits per heavy atom. The van der Waals surface area contributed by atoms with E-state index in [1.807, 2.05) is 35.2 Å². The first-order valence-electron chi connectivity index (χ1n) is 17.9. The fraction of sp³-hybridized carbons (Fsp3) is 0.350. The number of carbonyl (C=O) groups is 1. The van der Waals surface area contributed by atoms with Crippen molar-refractivity contribution in [3.05, 3.63) is 84.1 Å². The molecular weight excluding hydrogens is 681 g/mol. The third-order valence-corrected chi connectivity index (χ3v) is 11.3. The van der Waals surface area contributed by atoms with E-state index >= 15 is 8.78 Å². The van der Waals surface area contributed by atoms with Crippen LogP contribution in [-0.4, -0.2) is 97.7 Å². The number of rotatable bonds is 7. The summed E-state index contributed by atoms with van der Waals surface area (Å²) in [5.74, 6) is 0.901. The molecule has 4 aliphatic rings. The van der Waals surface area contributed by atoms with E-state index in [4.69, 9.17) is 16.1 Å². The number of halogens is 3. The van der Waals surface area contributed by atoms with Crippen LogP contribution in [0.4, 0.5) is 19.0 Å². The molecule has 0 N–H and O–H groups in total. The summed E-state index contributed by atoms with van der Waals surface area (Å²) in [6.45, 7) is 2.47. The predicted molar refractivity (Wildman–Crippen MR) is 194 cm³/mol. The second kappa shape index (κ2) is 13.1. The second-order valence-electron chi connectivity index (χ2n) is 14.3. The number of likely N-dealkylation sites (tertiary alicyclic amines) is 1. The number of anilines is 1. The molecule has 0 bridgehead atoms. The second-order valence-corrected chi connectivity index (χ2v) is 14.3. The zero-order valence-corrected chi connectivity index (χ0v) is 28.8. The number of fused-ring (bicyclic) bond motifs is 4. The van der Waals surface area contributed by atoms with Gasteiger partial charge in [0.2, 0.25) is 0 Å². The molecular formula is C40H35F3N8O2. The highest BCUT2D eigenvalue weighted by Gasteiger charge is 2.50. The van der Waals surface area contributed by atoms with Crippen molar-refractivity contribution in [3.8, 4) is 29.6 Å². The van der Waals surface area contributed by atoms with Crippen LogP contribution in [0.15, 0.2) is 66.9 Å². The van der Waals surface area contributed by atoms with Crippen LogP contribution >= 0.6 is 0 Å². The molecule has 53 heavy (non-hydrogen) atoms. The van der Waals surface area contributed by atoms with Crippen molar-refractivity contribution >= 4 is 39.5 Å². The molecule has 0 saturated carbocycles. The Morgan fingerprint density at radius 1 is 1.06 bits per heavy atom. The summed E-state index contributed by atoms with van der Waals surface area (Å²) in [4.78, 5) is 41.0. The SMILES string of the molecule is C#Cc1cccc2cccc(-c3ncc4c(N5CCC6CN(C(=O)/C(F)=C/c7ncccn7)CC65)nc(OC[C@@]56CCCN5CC(F)C6)nc4c3F)c12. The summed E-state index contributed by atoms with van der Waals surface area (Å²) in [6.07, 6.45) is 13.3. The van der Waals surface area contributed by atoms with E-state index in [1.165, 1.54) is 17.3 Å². The number of amides is 1. The zero-order chi connectivity index (χ0) is 36.3. The van der Waals surface area contributed by atoms with Crippen LogP contribution in [0.1, 0.15) is 37.1 Å². The van der Waals surface area contributed by atoms with Crippen molar-refractivity contribution < 1.29 is 22.7 Å². The average Bonchev–Trinajstić information content (AvgIpc) is 3.94. The third kappa shape index (κ3) is 5.72. The predicted octanol–water partition coefficient (Wildman–Crippen LogP) is 5.76. The average molecular weight is 717 g/mol. The summed E-state index contributed by atoms with van der Waals surface area (Å²) >= 11 is 0. The van der Waals surface area contributed by atoms with Crippen LogP contribution in [0, 0.1) is 24.1 Å². The minimum atomic E-state index is -0.950. The maximum absolute atomic E-state index is 17.0. The van der Waals surface area contributed by atoms with Crippen LogP contribution < -0.4 is 9.64 Å². The molecule has 0 aliphatic carbocycles. The number of benzene rings is 2. The van der Waals surface area contributed by atoms with E-state index in [0.717, 1.165) is 30.8 Å². The van der Waals surface area contributed by atoms with Gasteiger partial charge < -0.3 is 14.5 Å². The summed E-state index contributed by atoms with van der Waals surface area (Å²) in [6, 6.07) is 12.5. The third-order valence-electron chi connectivity index (χ3n) is 11.3. The highest BCUT2D eigenvalue weighted by molar-refractivity contribution is 6.02. The number of terminal acetylenes is 1. The summed E-state index contributed by atoms with van der Waals surface area (Å²) < 4.78 is 53.1. The molecule has 4 fully saturated rings. The highest BCUT2D eigenvalue weighted by Crippen LogP contribution is 2.43. The van der Waals surface area contributed by atoms with Crippen LogP contribution in [0.5, 0.6) is 6.01 Å². The summed E-state index contributed by atoms with van der Waals surface area (Å²) in [5.41, 5.74) is 0.773. The Bertz CT molecular complexity index is 2330. The normalized spacial score (nSPS) is 24.2. The lowest BCUT2D eigenvalue weighted by Gasteiger charge is -2.31. The molecule has 1 amide bonds. The van der Waals surface area contributed by atoms with Gasteiger partial charge in [-0.2, -0.15) is 9.97 Å². The van der Waals surface area contributed by atoms with Gasteiger partial charge in [-0.3, -0.25) is 14.7 Å². The quantitative estimate of drug-likeness (QED) is 0.154. The molecule has 2 aromatic carbocycles. The van der Waals surface area contributed by atoms with Gasteiger partial charge in [-0.05, 0) is 43.3 Å². The molecule has 5 aromatic rings. The van der Waals surface area contributed by atoms with Gasteiger partial charge in [0.1, 0.15) is 29.8 Å². The van der Waals surface area contributed by atoms with Crippen molar-refractivity contribution in [2.24, 2.45) is 5.92 Å². The van der Waals surface area contributed by atoms with E-state index in [9.17, 15) is 9.18 Å². The Balaban J connectivity index is 1.10. The Hall–Kier alpha value is -5.61. The van der Waals surface area contributed by atoms with Crippen LogP contribution in [0.2, 0.25) is 0 Å². The first-order chi connectivity index (χ1) is 25.8. The van der Waals surface area contributed by atoms with Crippen molar-refractivity contribution in [1.82, 2.24) is 34.7 Å². The maximum atomic E-state index is 17.0. The van der Waals surface area contributed by atoms with Crippen LogP contribution in [0.3, 0.4) is 0 Å². The maximum Gasteiger partial charge on any atom is 0.319 e. The zero-order valence-electron chi connectivity index (χ0n) is 28.8. The number of aromatic nitrogens is 5. The summed E-state index contributed by atoms with van der Waals surface area (Å²) in [5, 5.41) is 1.93. The summed E-state index contributed by atoms with van der Waals surface area (Å²) in [7, 11) is 0. The van der Waals surface area contributed by atoms with Crippen molar-refractivity contribution in [3.63, 3.8) is 0 Å². The van der Waals surface area contributed by atoms with Crippen LogP contribution in [0.25, 0.3) is 39.0 Å². The Morgan fingerprint density at radius 2 is 1.89 bits per heavy atom. The molecule has 4 saturated heterocycles. The van der Waals surface area contributed by atoms with Crippen molar-refractivity contribution in [2.45, 2.75) is 43.4 Å². The fourth-order valence-corrected chi connectivity index (χ4v) is 8.90. The van der Waals surface area contributed by atoms with E-state index < -0.39 is 29.3 Å². The number of pyridine rings is 1. The lowest BCUT2D eigenvalue weighted by molar-refractivity contribution is -0.127. The van der Waals surface area contributed by atoms with Gasteiger partial charge in [-0.15, -0.1) is 6.42 Å². The molecule has 0 radical (unpaired) electrons. The van der Waals surface area contributed by atoms with Gasteiger partial charge in [0.25, 0.3) is 5.91 Å². The lowest BCUT2D eigenvalue weighted by atomic mass is 9.95. The van der Waals surface area contributed by atoms with Gasteiger partial charge in [-0.1, -0.05) is 36.3 Å². The van der Waals surface area contributed by atoms with Crippen LogP contribution in [-0.2, 0) is 4.79 Å².